The van der Waals surface area contributed by atoms with Crippen LogP contribution < -0.4 is 21.7 Å². The van der Waals surface area contributed by atoms with Gasteiger partial charge in [-0.15, -0.1) is 0 Å². The van der Waals surface area contributed by atoms with Gasteiger partial charge < -0.3 is 21.7 Å². The van der Waals surface area contributed by atoms with Gasteiger partial charge in [0.1, 0.15) is 0 Å². The summed E-state index contributed by atoms with van der Waals surface area (Å²) in [7, 11) is 3.46. The van der Waals surface area contributed by atoms with Crippen LogP contribution in [0.15, 0.2) is 12.3 Å². The summed E-state index contributed by atoms with van der Waals surface area (Å²) < 4.78 is 0. The number of rotatable bonds is 16. The summed E-state index contributed by atoms with van der Waals surface area (Å²) in [4.78, 5) is 27.7. The van der Waals surface area contributed by atoms with Crippen LogP contribution in [0.5, 0.6) is 0 Å². The molecule has 218 valence electrons. The Kier molecular flexibility index (Phi) is 14.6. The van der Waals surface area contributed by atoms with Gasteiger partial charge in [-0.05, 0) is 28.1 Å². The summed E-state index contributed by atoms with van der Waals surface area (Å²) in [6, 6.07) is 0. The molecule has 0 rings (SSSR count). The predicted octanol–water partition coefficient (Wildman–Crippen LogP) is 5.71. The molecule has 37 heavy (non-hydrogen) atoms. The van der Waals surface area contributed by atoms with Gasteiger partial charge in [0.05, 0.1) is 12.1 Å². The van der Waals surface area contributed by atoms with E-state index in [0.29, 0.717) is 25.3 Å². The molecule has 2 unspecified atom stereocenters. The van der Waals surface area contributed by atoms with E-state index in [1.807, 2.05) is 0 Å². The van der Waals surface area contributed by atoms with Gasteiger partial charge in [-0.25, -0.2) is 0 Å². The van der Waals surface area contributed by atoms with Gasteiger partial charge in [-0.1, -0.05) is 104 Å². The van der Waals surface area contributed by atoms with E-state index in [1.165, 1.54) is 0 Å². The normalized spacial score (nSPS) is 15.5. The van der Waals surface area contributed by atoms with E-state index < -0.39 is 16.2 Å². The third-order valence-corrected chi connectivity index (χ3v) is 10.6. The van der Waals surface area contributed by atoms with Gasteiger partial charge in [-0.3, -0.25) is 9.59 Å². The molecule has 0 radical (unpaired) electrons. The number of nitrogens with two attached hydrogens (primary N) is 1. The molecular weight excluding hydrogens is 521 g/mol. The molecule has 0 aliphatic rings. The molecule has 0 bridgehead atoms. The number of carbonyl (C=O) groups is 2. The molecule has 6 nitrogen and oxygen atoms in total. The zero-order valence-corrected chi connectivity index (χ0v) is 27.9. The molecule has 0 aliphatic carbocycles. The summed E-state index contributed by atoms with van der Waals surface area (Å²) in [5.74, 6) is 1.93. The highest BCUT2D eigenvalue weighted by molar-refractivity contribution is 8.76. The van der Waals surface area contributed by atoms with Crippen LogP contribution in [0.2, 0.25) is 0 Å². The number of carbonyl (C=O) groups excluding carboxylic acids is 2. The lowest BCUT2D eigenvalue weighted by Crippen LogP contribution is -2.61. The van der Waals surface area contributed by atoms with Crippen LogP contribution in [-0.2, 0) is 9.59 Å². The Labute approximate surface area is 241 Å². The van der Waals surface area contributed by atoms with Crippen molar-refractivity contribution < 1.29 is 9.59 Å². The number of amides is 2. The van der Waals surface area contributed by atoms with Crippen LogP contribution >= 0.6 is 34.2 Å². The smallest absolute Gasteiger partial charge is 0.227 e. The van der Waals surface area contributed by atoms with Gasteiger partial charge in [0, 0.05) is 42.0 Å². The molecule has 0 aliphatic heterocycles. The molecule has 0 saturated heterocycles. The fraction of sp³-hybridized carbons (Fsp3) is 0.857. The van der Waals surface area contributed by atoms with E-state index in [2.05, 4.69) is 111 Å². The quantitative estimate of drug-likeness (QED) is 0.0699. The van der Waals surface area contributed by atoms with Crippen molar-refractivity contribution in [3.05, 3.63) is 12.3 Å². The van der Waals surface area contributed by atoms with Crippen LogP contribution in [-0.4, -0.2) is 48.8 Å². The van der Waals surface area contributed by atoms with E-state index in [-0.39, 0.29) is 35.2 Å². The summed E-state index contributed by atoms with van der Waals surface area (Å²) in [6.45, 7) is 29.0. The third-order valence-electron chi connectivity index (χ3n) is 7.77. The molecule has 9 heteroatoms. The minimum atomic E-state index is -0.753. The van der Waals surface area contributed by atoms with Crippen LogP contribution in [0.1, 0.15) is 82.6 Å². The maximum Gasteiger partial charge on any atom is 0.227 e. The van der Waals surface area contributed by atoms with Crippen molar-refractivity contribution in [2.24, 2.45) is 38.7 Å². The first-order chi connectivity index (χ1) is 16.7. The molecule has 0 saturated carbocycles. The standard InChI is InChI=1S/C28H56N4O2S3/c1-20(17-35)31-19-32-23(34)28(12,18-24(2,3)4)27(10,11)26(8,9)21(25(5,6)7)22(33)30-14-16-37-36-15-13-29/h21,31,35H,1,13-19,29H2,2-12H3,(H,30,33)(H,32,34). The minimum absolute atomic E-state index is 0.0265. The van der Waals surface area contributed by atoms with E-state index >= 15 is 0 Å². The Balaban J connectivity index is 6.19. The monoisotopic (exact) mass is 576 g/mol. The third kappa shape index (κ3) is 10.5. The summed E-state index contributed by atoms with van der Waals surface area (Å²) in [5.41, 5.74) is 4.10. The Bertz CT molecular complexity index is 758. The maximum atomic E-state index is 13.9. The Morgan fingerprint density at radius 2 is 1.43 bits per heavy atom. The highest BCUT2D eigenvalue weighted by atomic mass is 33.1. The maximum absolute atomic E-state index is 13.9. The van der Waals surface area contributed by atoms with Crippen LogP contribution in [0.4, 0.5) is 0 Å². The Morgan fingerprint density at radius 3 is 1.89 bits per heavy atom. The molecule has 0 heterocycles. The zero-order valence-electron chi connectivity index (χ0n) is 25.4. The van der Waals surface area contributed by atoms with Crippen molar-refractivity contribution in [1.29, 1.82) is 0 Å². The van der Waals surface area contributed by atoms with Crippen molar-refractivity contribution in [3.63, 3.8) is 0 Å². The fourth-order valence-corrected chi connectivity index (χ4v) is 7.38. The average Bonchev–Trinajstić information content (AvgIpc) is 2.73. The van der Waals surface area contributed by atoms with Crippen molar-refractivity contribution in [3.8, 4) is 0 Å². The largest absolute Gasteiger partial charge is 0.371 e. The highest BCUT2D eigenvalue weighted by Gasteiger charge is 2.60. The van der Waals surface area contributed by atoms with Gasteiger partial charge in [0.25, 0.3) is 0 Å². The lowest BCUT2D eigenvalue weighted by atomic mass is 9.45. The molecular formula is C28H56N4O2S3. The van der Waals surface area contributed by atoms with Crippen LogP contribution in [0.3, 0.4) is 0 Å². The highest BCUT2D eigenvalue weighted by Crippen LogP contribution is 2.61. The number of thiol groups is 1. The summed E-state index contributed by atoms with van der Waals surface area (Å²) in [5, 5.41) is 9.41. The first kappa shape index (κ1) is 36.5. The molecule has 0 aromatic rings. The Hall–Kier alpha value is -0.510. The molecule has 0 fully saturated rings. The van der Waals surface area contributed by atoms with Gasteiger partial charge >= 0.3 is 0 Å². The number of hydrogen-bond donors (Lipinski definition) is 5. The van der Waals surface area contributed by atoms with Crippen LogP contribution in [0, 0.1) is 33.0 Å². The second-order valence-electron chi connectivity index (χ2n) is 13.6. The van der Waals surface area contributed by atoms with Crippen molar-refractivity contribution in [1.82, 2.24) is 16.0 Å². The van der Waals surface area contributed by atoms with E-state index in [9.17, 15) is 9.59 Å². The van der Waals surface area contributed by atoms with Gasteiger partial charge in [-0.2, -0.15) is 12.6 Å². The van der Waals surface area contributed by atoms with E-state index in [0.717, 1.165) is 17.2 Å². The van der Waals surface area contributed by atoms with Crippen LogP contribution in [0.25, 0.3) is 0 Å². The molecule has 0 aromatic heterocycles. The van der Waals surface area contributed by atoms with Gasteiger partial charge in [0.2, 0.25) is 11.8 Å². The van der Waals surface area contributed by atoms with Crippen molar-refractivity contribution in [2.45, 2.75) is 82.6 Å². The second kappa shape index (κ2) is 14.8. The first-order valence-electron chi connectivity index (χ1n) is 13.2. The molecule has 2 atom stereocenters. The summed E-state index contributed by atoms with van der Waals surface area (Å²) >= 11 is 4.23. The number of nitrogens with one attached hydrogen (secondary N) is 3. The molecule has 5 N–H and O–H groups in total. The Morgan fingerprint density at radius 1 is 0.892 bits per heavy atom. The zero-order chi connectivity index (χ0) is 29.3. The molecule has 2 amide bonds. The average molecular weight is 577 g/mol. The van der Waals surface area contributed by atoms with E-state index in [1.54, 1.807) is 21.6 Å². The first-order valence-corrected chi connectivity index (χ1v) is 16.3. The predicted molar refractivity (Wildman–Crippen MR) is 169 cm³/mol. The number of hydrogen-bond acceptors (Lipinski definition) is 7. The lowest BCUT2D eigenvalue weighted by Gasteiger charge is -2.58. The summed E-state index contributed by atoms with van der Waals surface area (Å²) in [6.07, 6.45) is 0.670. The fourth-order valence-electron chi connectivity index (χ4n) is 5.51. The lowest BCUT2D eigenvalue weighted by molar-refractivity contribution is -0.164. The molecule has 0 aromatic carbocycles. The van der Waals surface area contributed by atoms with E-state index in [4.69, 9.17) is 5.73 Å². The van der Waals surface area contributed by atoms with Crippen molar-refractivity contribution in [2.75, 3.05) is 37.0 Å². The van der Waals surface area contributed by atoms with Gasteiger partial charge in [0.15, 0.2) is 0 Å². The minimum Gasteiger partial charge on any atom is -0.371 e. The SMILES string of the molecule is C=C(CS)NCNC(=O)C(C)(CC(C)(C)C)C(C)(C)C(C)(C)C(C(=O)NCCSSCCN)C(C)(C)C. The second-order valence-corrected chi connectivity index (χ2v) is 16.6. The van der Waals surface area contributed by atoms with Crippen molar-refractivity contribution >= 4 is 46.0 Å². The molecule has 0 spiro atoms. The topological polar surface area (TPSA) is 96.2 Å².